The molecule has 0 aromatic heterocycles. The molecule has 1 aliphatic heterocycles. The number of likely N-dealkylation sites (N-methyl/N-ethyl adjacent to an activating group) is 1. The van der Waals surface area contributed by atoms with Crippen LogP contribution in [-0.4, -0.2) is 62.0 Å². The van der Waals surface area contributed by atoms with E-state index >= 15 is 0 Å². The first-order chi connectivity index (χ1) is 9.04. The Bertz CT molecular complexity index is 450. The number of carbonyl (C=O) groups is 1. The molecule has 6 nitrogen and oxygen atoms in total. The molecule has 2 unspecified atom stereocenters. The summed E-state index contributed by atoms with van der Waals surface area (Å²) in [7, 11) is -2.78. The Morgan fingerprint density at radius 2 is 2.00 bits per heavy atom. The number of halogens is 3. The lowest BCUT2D eigenvalue weighted by Gasteiger charge is -2.25. The van der Waals surface area contributed by atoms with Crippen molar-refractivity contribution in [2.24, 2.45) is 5.92 Å². The third-order valence-corrected chi connectivity index (χ3v) is 5.09. The standard InChI is InChI=1S/C10H16F3NO5S/c1-14(8-6-19-5-7(8)9(15)16)20(17,18)4-2-3-10(11,12)13/h7-8H,2-6H2,1H3,(H,15,16). The first-order valence-electron chi connectivity index (χ1n) is 5.87. The van der Waals surface area contributed by atoms with E-state index in [-0.39, 0.29) is 13.2 Å². The van der Waals surface area contributed by atoms with Gasteiger partial charge in [-0.2, -0.15) is 17.5 Å². The van der Waals surface area contributed by atoms with Gasteiger partial charge in [0.05, 0.1) is 30.9 Å². The average molecular weight is 319 g/mol. The van der Waals surface area contributed by atoms with Gasteiger partial charge in [-0.1, -0.05) is 0 Å². The topological polar surface area (TPSA) is 83.9 Å². The number of hydrogen-bond acceptors (Lipinski definition) is 4. The number of carboxylic acids is 1. The maximum absolute atomic E-state index is 12.0. The van der Waals surface area contributed by atoms with Gasteiger partial charge in [0.25, 0.3) is 0 Å². The normalized spacial score (nSPS) is 24.2. The molecule has 1 rings (SSSR count). The highest BCUT2D eigenvalue weighted by Crippen LogP contribution is 2.24. The molecular formula is C10H16F3NO5S. The number of sulfonamides is 1. The highest BCUT2D eigenvalue weighted by atomic mass is 32.2. The minimum Gasteiger partial charge on any atom is -0.481 e. The van der Waals surface area contributed by atoms with Crippen LogP contribution in [-0.2, 0) is 19.6 Å². The molecule has 1 fully saturated rings. The van der Waals surface area contributed by atoms with Crippen molar-refractivity contribution in [3.8, 4) is 0 Å². The van der Waals surface area contributed by atoms with Crippen LogP contribution in [0, 0.1) is 5.92 Å². The third-order valence-electron chi connectivity index (χ3n) is 3.14. The SMILES string of the molecule is CN(C1COCC1C(=O)O)S(=O)(=O)CCCC(F)(F)F. The smallest absolute Gasteiger partial charge is 0.389 e. The molecule has 0 aromatic rings. The molecule has 1 heterocycles. The number of hydrogen-bond donors (Lipinski definition) is 1. The summed E-state index contributed by atoms with van der Waals surface area (Å²) in [5.41, 5.74) is 0. The van der Waals surface area contributed by atoms with E-state index < -0.39 is 52.7 Å². The first kappa shape index (κ1) is 17.2. The monoisotopic (exact) mass is 319 g/mol. The summed E-state index contributed by atoms with van der Waals surface area (Å²) in [6, 6.07) is -0.886. The van der Waals surface area contributed by atoms with Crippen molar-refractivity contribution < 1.29 is 36.2 Å². The Labute approximate surface area is 114 Å². The lowest BCUT2D eigenvalue weighted by Crippen LogP contribution is -2.45. The molecule has 0 aliphatic carbocycles. The van der Waals surface area contributed by atoms with Crippen molar-refractivity contribution in [3.05, 3.63) is 0 Å². The third kappa shape index (κ3) is 4.60. The van der Waals surface area contributed by atoms with Gasteiger partial charge in [0, 0.05) is 13.5 Å². The Hall–Kier alpha value is -0.870. The predicted molar refractivity (Wildman–Crippen MR) is 62.6 cm³/mol. The molecule has 1 saturated heterocycles. The van der Waals surface area contributed by atoms with E-state index in [2.05, 4.69) is 0 Å². The Balaban J connectivity index is 2.65. The molecule has 10 heteroatoms. The van der Waals surface area contributed by atoms with E-state index in [0.29, 0.717) is 0 Å². The lowest BCUT2D eigenvalue weighted by atomic mass is 10.1. The quantitative estimate of drug-likeness (QED) is 0.779. The van der Waals surface area contributed by atoms with Crippen LogP contribution in [0.25, 0.3) is 0 Å². The summed E-state index contributed by atoms with van der Waals surface area (Å²) < 4.78 is 65.5. The van der Waals surface area contributed by atoms with Gasteiger partial charge in [-0.25, -0.2) is 8.42 Å². The second-order valence-corrected chi connectivity index (χ2v) is 6.75. The largest absolute Gasteiger partial charge is 0.481 e. The fourth-order valence-electron chi connectivity index (χ4n) is 1.94. The van der Waals surface area contributed by atoms with Crippen LogP contribution in [0.5, 0.6) is 0 Å². The Morgan fingerprint density at radius 1 is 1.40 bits per heavy atom. The molecule has 0 spiro atoms. The molecule has 0 bridgehead atoms. The summed E-state index contributed by atoms with van der Waals surface area (Å²) in [6.45, 7) is -0.186. The van der Waals surface area contributed by atoms with Gasteiger partial charge in [-0.3, -0.25) is 4.79 Å². The van der Waals surface area contributed by atoms with Gasteiger partial charge in [-0.15, -0.1) is 0 Å². The van der Waals surface area contributed by atoms with E-state index in [0.717, 1.165) is 11.4 Å². The Morgan fingerprint density at radius 3 is 2.50 bits per heavy atom. The van der Waals surface area contributed by atoms with Crippen LogP contribution in [0.4, 0.5) is 13.2 Å². The Kier molecular flexibility index (Phi) is 5.39. The van der Waals surface area contributed by atoms with Crippen LogP contribution >= 0.6 is 0 Å². The van der Waals surface area contributed by atoms with Crippen LogP contribution in [0.15, 0.2) is 0 Å². The van der Waals surface area contributed by atoms with E-state index in [4.69, 9.17) is 9.84 Å². The second-order valence-electron chi connectivity index (χ2n) is 4.60. The molecule has 118 valence electrons. The second kappa shape index (κ2) is 6.27. The summed E-state index contributed by atoms with van der Waals surface area (Å²) in [4.78, 5) is 10.9. The van der Waals surface area contributed by atoms with Crippen molar-refractivity contribution in [1.29, 1.82) is 0 Å². The lowest BCUT2D eigenvalue weighted by molar-refractivity contribution is -0.142. The molecule has 0 radical (unpaired) electrons. The maximum atomic E-state index is 12.0. The number of nitrogens with zero attached hydrogens (tertiary/aromatic N) is 1. The number of aliphatic carboxylic acids is 1. The van der Waals surface area contributed by atoms with Crippen LogP contribution < -0.4 is 0 Å². The van der Waals surface area contributed by atoms with Crippen molar-refractivity contribution in [3.63, 3.8) is 0 Å². The predicted octanol–water partition coefficient (Wildman–Crippen LogP) is 0.690. The number of rotatable bonds is 6. The van der Waals surface area contributed by atoms with Gasteiger partial charge < -0.3 is 9.84 Å². The highest BCUT2D eigenvalue weighted by molar-refractivity contribution is 7.89. The molecule has 1 N–H and O–H groups in total. The number of carboxylic acid groups (broad SMARTS) is 1. The summed E-state index contributed by atoms with van der Waals surface area (Å²) in [5, 5.41) is 8.93. The van der Waals surface area contributed by atoms with E-state index in [9.17, 15) is 26.4 Å². The fraction of sp³-hybridized carbons (Fsp3) is 0.900. The molecule has 2 atom stereocenters. The maximum Gasteiger partial charge on any atom is 0.389 e. The van der Waals surface area contributed by atoms with Crippen molar-refractivity contribution in [1.82, 2.24) is 4.31 Å². The molecular weight excluding hydrogens is 303 g/mol. The van der Waals surface area contributed by atoms with Gasteiger partial charge in [0.2, 0.25) is 10.0 Å². The van der Waals surface area contributed by atoms with E-state index in [1.165, 1.54) is 0 Å². The van der Waals surface area contributed by atoms with Gasteiger partial charge >= 0.3 is 12.1 Å². The van der Waals surface area contributed by atoms with E-state index in [1.807, 2.05) is 0 Å². The van der Waals surface area contributed by atoms with Crippen molar-refractivity contribution >= 4 is 16.0 Å². The summed E-state index contributed by atoms with van der Waals surface area (Å²) >= 11 is 0. The zero-order chi connectivity index (χ0) is 15.6. The number of ether oxygens (including phenoxy) is 1. The van der Waals surface area contributed by atoms with Gasteiger partial charge in [0.1, 0.15) is 0 Å². The molecule has 0 amide bonds. The van der Waals surface area contributed by atoms with Crippen molar-refractivity contribution in [2.45, 2.75) is 25.1 Å². The molecule has 0 saturated carbocycles. The number of alkyl halides is 3. The summed E-state index contributed by atoms with van der Waals surface area (Å²) in [6.07, 6.45) is -6.15. The average Bonchev–Trinajstić information content (AvgIpc) is 2.74. The highest BCUT2D eigenvalue weighted by Gasteiger charge is 2.41. The molecule has 1 aliphatic rings. The van der Waals surface area contributed by atoms with Crippen LogP contribution in [0.1, 0.15) is 12.8 Å². The van der Waals surface area contributed by atoms with Crippen LogP contribution in [0.2, 0.25) is 0 Å². The zero-order valence-corrected chi connectivity index (χ0v) is 11.6. The molecule has 20 heavy (non-hydrogen) atoms. The van der Waals surface area contributed by atoms with Gasteiger partial charge in [-0.05, 0) is 6.42 Å². The fourth-order valence-corrected chi connectivity index (χ4v) is 3.36. The zero-order valence-electron chi connectivity index (χ0n) is 10.8. The van der Waals surface area contributed by atoms with Crippen LogP contribution in [0.3, 0.4) is 0 Å². The van der Waals surface area contributed by atoms with Gasteiger partial charge in [0.15, 0.2) is 0 Å². The van der Waals surface area contributed by atoms with E-state index in [1.54, 1.807) is 0 Å². The minimum absolute atomic E-state index is 0.0774. The first-order valence-corrected chi connectivity index (χ1v) is 7.48. The van der Waals surface area contributed by atoms with Crippen molar-refractivity contribution in [2.75, 3.05) is 26.0 Å². The summed E-state index contributed by atoms with van der Waals surface area (Å²) in [5.74, 6) is -2.87. The molecule has 0 aromatic carbocycles. The minimum atomic E-state index is -4.41.